The van der Waals surface area contributed by atoms with E-state index in [0.29, 0.717) is 12.0 Å². The molecule has 1 rings (SSSR count). The molecule has 3 unspecified atom stereocenters. The molecule has 1 aliphatic rings. The summed E-state index contributed by atoms with van der Waals surface area (Å²) in [5.41, 5.74) is 6.03. The van der Waals surface area contributed by atoms with Crippen LogP contribution >= 0.6 is 11.8 Å². The third-order valence-corrected chi connectivity index (χ3v) is 4.44. The largest absolute Gasteiger partial charge is 0.327 e. The average Bonchev–Trinajstić information content (AvgIpc) is 2.22. The van der Waals surface area contributed by atoms with Gasteiger partial charge in [-0.15, -0.1) is 0 Å². The Morgan fingerprint density at radius 1 is 1.53 bits per heavy atom. The zero-order valence-electron chi connectivity index (χ0n) is 10.4. The van der Waals surface area contributed by atoms with Crippen LogP contribution in [0.1, 0.15) is 33.6 Å². The van der Waals surface area contributed by atoms with Gasteiger partial charge in [-0.3, -0.25) is 0 Å². The molecule has 2 nitrogen and oxygen atoms in total. The monoisotopic (exact) mass is 230 g/mol. The molecule has 1 fully saturated rings. The molecule has 90 valence electrons. The molecule has 0 aromatic carbocycles. The summed E-state index contributed by atoms with van der Waals surface area (Å²) in [4.78, 5) is 2.62. The standard InChI is InChI=1S/C12H26N2S/c1-4-15-8-6-11(3)14-7-5-12(13)10(2)9-14/h10-12H,4-9,13H2,1-3H3. The predicted molar refractivity (Wildman–Crippen MR) is 70.4 cm³/mol. The van der Waals surface area contributed by atoms with Crippen molar-refractivity contribution in [2.24, 2.45) is 11.7 Å². The minimum atomic E-state index is 0.429. The first-order valence-corrected chi connectivity index (χ1v) is 7.38. The molecular weight excluding hydrogens is 204 g/mol. The Morgan fingerprint density at radius 3 is 2.87 bits per heavy atom. The average molecular weight is 230 g/mol. The van der Waals surface area contributed by atoms with Gasteiger partial charge >= 0.3 is 0 Å². The quantitative estimate of drug-likeness (QED) is 0.734. The summed E-state index contributed by atoms with van der Waals surface area (Å²) in [7, 11) is 0. The first kappa shape index (κ1) is 13.3. The van der Waals surface area contributed by atoms with Gasteiger partial charge in [0.1, 0.15) is 0 Å². The maximum atomic E-state index is 6.03. The number of rotatable bonds is 5. The number of piperidine rings is 1. The van der Waals surface area contributed by atoms with Gasteiger partial charge in [0.15, 0.2) is 0 Å². The zero-order valence-corrected chi connectivity index (χ0v) is 11.2. The van der Waals surface area contributed by atoms with Crippen molar-refractivity contribution >= 4 is 11.8 Å². The second kappa shape index (κ2) is 6.77. The highest BCUT2D eigenvalue weighted by atomic mass is 32.2. The van der Waals surface area contributed by atoms with Gasteiger partial charge < -0.3 is 10.6 Å². The van der Waals surface area contributed by atoms with E-state index in [2.05, 4.69) is 37.4 Å². The van der Waals surface area contributed by atoms with E-state index in [0.717, 1.165) is 6.04 Å². The van der Waals surface area contributed by atoms with Crippen LogP contribution in [0.2, 0.25) is 0 Å². The van der Waals surface area contributed by atoms with Gasteiger partial charge in [0.05, 0.1) is 0 Å². The second-order valence-electron chi connectivity index (χ2n) is 4.76. The van der Waals surface area contributed by atoms with Crippen molar-refractivity contribution < 1.29 is 0 Å². The fourth-order valence-corrected chi connectivity index (χ4v) is 2.97. The highest BCUT2D eigenvalue weighted by Crippen LogP contribution is 2.19. The third kappa shape index (κ3) is 4.33. The van der Waals surface area contributed by atoms with E-state index in [1.54, 1.807) is 0 Å². The highest BCUT2D eigenvalue weighted by molar-refractivity contribution is 7.99. The van der Waals surface area contributed by atoms with Crippen molar-refractivity contribution in [1.29, 1.82) is 0 Å². The Bertz CT molecular complexity index is 175. The molecule has 2 N–H and O–H groups in total. The number of hydrogen-bond donors (Lipinski definition) is 1. The number of nitrogens with zero attached hydrogens (tertiary/aromatic N) is 1. The minimum absolute atomic E-state index is 0.429. The third-order valence-electron chi connectivity index (χ3n) is 3.51. The Labute approximate surface area is 99.0 Å². The van der Waals surface area contributed by atoms with Crippen molar-refractivity contribution in [2.45, 2.75) is 45.7 Å². The molecule has 1 saturated heterocycles. The normalized spacial score (nSPS) is 30.4. The molecule has 0 radical (unpaired) electrons. The number of thioether (sulfide) groups is 1. The summed E-state index contributed by atoms with van der Waals surface area (Å²) in [5.74, 6) is 3.21. The molecule has 3 atom stereocenters. The van der Waals surface area contributed by atoms with Gasteiger partial charge in [0, 0.05) is 18.6 Å². The van der Waals surface area contributed by atoms with Crippen LogP contribution in [0.25, 0.3) is 0 Å². The molecule has 0 aromatic rings. The lowest BCUT2D eigenvalue weighted by atomic mass is 9.93. The van der Waals surface area contributed by atoms with Crippen LogP contribution in [0.5, 0.6) is 0 Å². The van der Waals surface area contributed by atoms with E-state index in [-0.39, 0.29) is 0 Å². The summed E-state index contributed by atoms with van der Waals surface area (Å²) in [5, 5.41) is 0. The van der Waals surface area contributed by atoms with Gasteiger partial charge in [-0.25, -0.2) is 0 Å². The van der Waals surface area contributed by atoms with Gasteiger partial charge in [-0.2, -0.15) is 11.8 Å². The van der Waals surface area contributed by atoms with E-state index in [1.807, 2.05) is 0 Å². The highest BCUT2D eigenvalue weighted by Gasteiger charge is 2.25. The van der Waals surface area contributed by atoms with Crippen molar-refractivity contribution in [3.8, 4) is 0 Å². The van der Waals surface area contributed by atoms with Crippen molar-refractivity contribution in [3.05, 3.63) is 0 Å². The lowest BCUT2D eigenvalue weighted by molar-refractivity contribution is 0.122. The van der Waals surface area contributed by atoms with Crippen LogP contribution in [0.4, 0.5) is 0 Å². The first-order chi connectivity index (χ1) is 7.15. The second-order valence-corrected chi connectivity index (χ2v) is 6.15. The molecule has 0 bridgehead atoms. The lowest BCUT2D eigenvalue weighted by Crippen LogP contribution is -2.49. The summed E-state index contributed by atoms with van der Waals surface area (Å²) < 4.78 is 0. The van der Waals surface area contributed by atoms with Crippen molar-refractivity contribution in [2.75, 3.05) is 24.6 Å². The van der Waals surface area contributed by atoms with E-state index in [9.17, 15) is 0 Å². The molecule has 3 heteroatoms. The predicted octanol–water partition coefficient (Wildman–Crippen LogP) is 2.19. The zero-order chi connectivity index (χ0) is 11.3. The van der Waals surface area contributed by atoms with Crippen molar-refractivity contribution in [1.82, 2.24) is 4.90 Å². The SMILES string of the molecule is CCSCCC(C)N1CCC(N)C(C)C1. The molecule has 1 heterocycles. The lowest BCUT2D eigenvalue weighted by Gasteiger charge is -2.38. The number of likely N-dealkylation sites (tertiary alicyclic amines) is 1. The molecule has 1 aliphatic heterocycles. The maximum Gasteiger partial charge on any atom is 0.00889 e. The Kier molecular flexibility index (Phi) is 6.02. The van der Waals surface area contributed by atoms with Gasteiger partial charge in [-0.1, -0.05) is 13.8 Å². The Morgan fingerprint density at radius 2 is 2.27 bits per heavy atom. The molecule has 0 aliphatic carbocycles. The van der Waals surface area contributed by atoms with Gasteiger partial charge in [-0.05, 0) is 43.7 Å². The van der Waals surface area contributed by atoms with Crippen LogP contribution in [0, 0.1) is 5.92 Å². The molecule has 0 aromatic heterocycles. The summed E-state index contributed by atoms with van der Waals surface area (Å²) in [6, 6.07) is 1.16. The van der Waals surface area contributed by atoms with Crippen LogP contribution in [-0.2, 0) is 0 Å². The van der Waals surface area contributed by atoms with E-state index >= 15 is 0 Å². The van der Waals surface area contributed by atoms with Crippen molar-refractivity contribution in [3.63, 3.8) is 0 Å². The minimum Gasteiger partial charge on any atom is -0.327 e. The smallest absolute Gasteiger partial charge is 0.00889 e. The molecular formula is C12H26N2S. The topological polar surface area (TPSA) is 29.3 Å². The van der Waals surface area contributed by atoms with E-state index < -0.39 is 0 Å². The van der Waals surface area contributed by atoms with Crippen LogP contribution in [0.3, 0.4) is 0 Å². The van der Waals surface area contributed by atoms with Crippen LogP contribution in [0.15, 0.2) is 0 Å². The molecule has 0 saturated carbocycles. The van der Waals surface area contributed by atoms with E-state index in [1.165, 1.54) is 37.4 Å². The molecule has 15 heavy (non-hydrogen) atoms. The number of nitrogens with two attached hydrogens (primary N) is 1. The number of hydrogen-bond acceptors (Lipinski definition) is 3. The summed E-state index contributed by atoms with van der Waals surface area (Å²) in [6.07, 6.45) is 2.49. The molecule has 0 spiro atoms. The maximum absolute atomic E-state index is 6.03. The summed E-state index contributed by atoms with van der Waals surface area (Å²) in [6.45, 7) is 9.27. The molecule has 0 amide bonds. The van der Waals surface area contributed by atoms with Gasteiger partial charge in [0.25, 0.3) is 0 Å². The van der Waals surface area contributed by atoms with E-state index in [4.69, 9.17) is 5.73 Å². The van der Waals surface area contributed by atoms with Crippen LogP contribution in [-0.4, -0.2) is 41.6 Å². The Balaban J connectivity index is 2.24. The van der Waals surface area contributed by atoms with Gasteiger partial charge in [0.2, 0.25) is 0 Å². The first-order valence-electron chi connectivity index (χ1n) is 6.22. The fourth-order valence-electron chi connectivity index (χ4n) is 2.18. The van der Waals surface area contributed by atoms with Crippen LogP contribution < -0.4 is 5.73 Å². The Hall–Kier alpha value is 0.270. The fraction of sp³-hybridized carbons (Fsp3) is 1.00. The summed E-state index contributed by atoms with van der Waals surface area (Å²) >= 11 is 2.05.